The number of carbonyl (C=O) groups excluding carboxylic acids is 1. The average Bonchev–Trinajstić information content (AvgIpc) is 3.07. The second-order valence-corrected chi connectivity index (χ2v) is 5.35. The van der Waals surface area contributed by atoms with Gasteiger partial charge >= 0.3 is 0 Å². The maximum Gasteiger partial charge on any atom is 0.266 e. The molecule has 0 N–H and O–H groups in total. The molecule has 1 fully saturated rings. The molecule has 6 heteroatoms. The molecule has 106 valence electrons. The van der Waals surface area contributed by atoms with E-state index in [9.17, 15) is 9.18 Å². The molecule has 1 aromatic heterocycles. The molecule has 0 radical (unpaired) electrons. The molecular formula is C15H11FN2O2S. The average molecular weight is 302 g/mol. The summed E-state index contributed by atoms with van der Waals surface area (Å²) in [6, 6.07) is 9.69. The van der Waals surface area contributed by atoms with Crippen molar-refractivity contribution in [3.63, 3.8) is 0 Å². The first-order valence-electron chi connectivity index (χ1n) is 6.19. The lowest BCUT2D eigenvalue weighted by molar-refractivity contribution is -0.121. The largest absolute Gasteiger partial charge is 0.465 e. The van der Waals surface area contributed by atoms with Crippen LogP contribution in [0, 0.1) is 5.82 Å². The Morgan fingerprint density at radius 2 is 2.10 bits per heavy atom. The summed E-state index contributed by atoms with van der Waals surface area (Å²) in [5.74, 6) is -0.0206. The first-order valence-corrected chi connectivity index (χ1v) is 7.01. The standard InChI is InChI=1S/C15H11FN2O2S/c1-18-14(19)13(9-10-5-4-8-20-10)21-15(18)17-12-7-3-2-6-11(12)16/h2-9H,1H3/b13-9+,17-15?. The minimum Gasteiger partial charge on any atom is -0.465 e. The van der Waals surface area contributed by atoms with Gasteiger partial charge in [-0.3, -0.25) is 9.69 Å². The number of hydrogen-bond acceptors (Lipinski definition) is 4. The van der Waals surface area contributed by atoms with E-state index in [1.165, 1.54) is 29.0 Å². The van der Waals surface area contributed by atoms with Gasteiger partial charge in [-0.1, -0.05) is 12.1 Å². The number of benzene rings is 1. The number of halogens is 1. The molecule has 0 spiro atoms. The molecular weight excluding hydrogens is 291 g/mol. The van der Waals surface area contributed by atoms with Crippen molar-refractivity contribution in [2.75, 3.05) is 7.05 Å². The van der Waals surface area contributed by atoms with E-state index in [2.05, 4.69) is 4.99 Å². The highest BCUT2D eigenvalue weighted by molar-refractivity contribution is 8.18. The van der Waals surface area contributed by atoms with Crippen molar-refractivity contribution in [1.82, 2.24) is 4.90 Å². The van der Waals surface area contributed by atoms with Crippen molar-refractivity contribution in [2.45, 2.75) is 0 Å². The molecule has 0 unspecified atom stereocenters. The van der Waals surface area contributed by atoms with Crippen LogP contribution in [0.1, 0.15) is 5.76 Å². The molecule has 2 heterocycles. The Labute approximate surface area is 125 Å². The summed E-state index contributed by atoms with van der Waals surface area (Å²) >= 11 is 1.19. The van der Waals surface area contributed by atoms with E-state index in [4.69, 9.17) is 4.42 Å². The Kier molecular flexibility index (Phi) is 3.62. The Morgan fingerprint density at radius 1 is 1.29 bits per heavy atom. The van der Waals surface area contributed by atoms with Crippen molar-refractivity contribution in [2.24, 2.45) is 4.99 Å². The second-order valence-electron chi connectivity index (χ2n) is 4.34. The van der Waals surface area contributed by atoms with Crippen molar-refractivity contribution in [3.8, 4) is 0 Å². The first kappa shape index (κ1) is 13.6. The molecule has 1 aliphatic heterocycles. The highest BCUT2D eigenvalue weighted by atomic mass is 32.2. The minimum atomic E-state index is -0.421. The van der Waals surface area contributed by atoms with E-state index in [-0.39, 0.29) is 11.6 Å². The van der Waals surface area contributed by atoms with Crippen LogP contribution in [0.2, 0.25) is 0 Å². The zero-order valence-corrected chi connectivity index (χ0v) is 11.9. The van der Waals surface area contributed by atoms with Crippen LogP contribution >= 0.6 is 11.8 Å². The van der Waals surface area contributed by atoms with Crippen LogP contribution < -0.4 is 0 Å². The van der Waals surface area contributed by atoms with Gasteiger partial charge in [-0.15, -0.1) is 0 Å². The minimum absolute atomic E-state index is 0.188. The van der Waals surface area contributed by atoms with Gasteiger partial charge < -0.3 is 4.42 Å². The number of carbonyl (C=O) groups is 1. The number of thioether (sulfide) groups is 1. The molecule has 2 aromatic rings. The number of amidine groups is 1. The van der Waals surface area contributed by atoms with Crippen molar-refractivity contribution >= 4 is 34.6 Å². The second kappa shape index (κ2) is 5.57. The molecule has 0 bridgehead atoms. The Morgan fingerprint density at radius 3 is 2.81 bits per heavy atom. The van der Waals surface area contributed by atoms with E-state index < -0.39 is 5.82 Å². The summed E-state index contributed by atoms with van der Waals surface area (Å²) in [6.07, 6.45) is 3.18. The van der Waals surface area contributed by atoms with Crippen LogP contribution in [-0.2, 0) is 4.79 Å². The Hall–Kier alpha value is -2.34. The van der Waals surface area contributed by atoms with Crippen LogP contribution in [0.5, 0.6) is 0 Å². The number of hydrogen-bond donors (Lipinski definition) is 0. The van der Waals surface area contributed by atoms with Crippen molar-refractivity contribution in [1.29, 1.82) is 0 Å². The number of likely N-dealkylation sites (N-methyl/N-ethyl adjacent to an activating group) is 1. The normalized spacial score (nSPS) is 19.0. The summed E-state index contributed by atoms with van der Waals surface area (Å²) in [7, 11) is 1.61. The smallest absolute Gasteiger partial charge is 0.266 e. The fraction of sp³-hybridized carbons (Fsp3) is 0.0667. The maximum absolute atomic E-state index is 13.6. The van der Waals surface area contributed by atoms with Gasteiger partial charge in [0.05, 0.1) is 11.2 Å². The molecule has 3 rings (SSSR count). The predicted molar refractivity (Wildman–Crippen MR) is 80.5 cm³/mol. The molecule has 1 saturated heterocycles. The SMILES string of the molecule is CN1C(=O)/C(=C\c2ccco2)SC1=Nc1ccccc1F. The molecule has 0 atom stereocenters. The third-order valence-electron chi connectivity index (χ3n) is 2.89. The number of amides is 1. The van der Waals surface area contributed by atoms with E-state index in [1.54, 1.807) is 43.5 Å². The maximum atomic E-state index is 13.6. The lowest BCUT2D eigenvalue weighted by Gasteiger charge is -2.07. The Balaban J connectivity index is 1.92. The van der Waals surface area contributed by atoms with Gasteiger partial charge in [0, 0.05) is 13.1 Å². The highest BCUT2D eigenvalue weighted by Crippen LogP contribution is 2.33. The lowest BCUT2D eigenvalue weighted by atomic mass is 10.3. The summed E-state index contributed by atoms with van der Waals surface area (Å²) in [6.45, 7) is 0. The van der Waals surface area contributed by atoms with Gasteiger partial charge in [0.15, 0.2) is 5.17 Å². The fourth-order valence-corrected chi connectivity index (χ4v) is 2.76. The monoisotopic (exact) mass is 302 g/mol. The number of furan rings is 1. The van der Waals surface area contributed by atoms with E-state index in [1.807, 2.05) is 0 Å². The summed E-state index contributed by atoms with van der Waals surface area (Å²) in [5.41, 5.74) is 0.207. The molecule has 1 aromatic carbocycles. The van der Waals surface area contributed by atoms with Gasteiger partial charge in [-0.2, -0.15) is 0 Å². The lowest BCUT2D eigenvalue weighted by Crippen LogP contribution is -2.23. The molecule has 21 heavy (non-hydrogen) atoms. The van der Waals surface area contributed by atoms with Gasteiger partial charge in [0.1, 0.15) is 17.3 Å². The molecule has 1 aliphatic rings. The number of aliphatic imine (C=N–C) groups is 1. The van der Waals surface area contributed by atoms with Crippen molar-refractivity contribution < 1.29 is 13.6 Å². The molecule has 4 nitrogen and oxygen atoms in total. The number of rotatable bonds is 2. The van der Waals surface area contributed by atoms with E-state index >= 15 is 0 Å². The van der Waals surface area contributed by atoms with E-state index in [0.717, 1.165) is 0 Å². The summed E-state index contributed by atoms with van der Waals surface area (Å²) in [4.78, 5) is 18.2. The van der Waals surface area contributed by atoms with Crippen LogP contribution in [0.3, 0.4) is 0 Å². The van der Waals surface area contributed by atoms with Crippen LogP contribution in [0.4, 0.5) is 10.1 Å². The number of nitrogens with zero attached hydrogens (tertiary/aromatic N) is 2. The van der Waals surface area contributed by atoms with Crippen LogP contribution in [0.15, 0.2) is 57.0 Å². The van der Waals surface area contributed by atoms with Gasteiger partial charge in [-0.05, 0) is 36.0 Å². The third kappa shape index (κ3) is 2.75. The van der Waals surface area contributed by atoms with Gasteiger partial charge in [-0.25, -0.2) is 9.38 Å². The topological polar surface area (TPSA) is 45.8 Å². The molecule has 1 amide bonds. The van der Waals surface area contributed by atoms with E-state index in [0.29, 0.717) is 15.8 Å². The van der Waals surface area contributed by atoms with Gasteiger partial charge in [0.2, 0.25) is 0 Å². The fourth-order valence-electron chi connectivity index (χ4n) is 1.80. The van der Waals surface area contributed by atoms with Gasteiger partial charge in [0.25, 0.3) is 5.91 Å². The van der Waals surface area contributed by atoms with Crippen LogP contribution in [0.25, 0.3) is 6.08 Å². The zero-order valence-electron chi connectivity index (χ0n) is 11.1. The van der Waals surface area contributed by atoms with Crippen molar-refractivity contribution in [3.05, 3.63) is 59.1 Å². The summed E-state index contributed by atoms with van der Waals surface area (Å²) in [5, 5.41) is 0.433. The van der Waals surface area contributed by atoms with Crippen LogP contribution in [-0.4, -0.2) is 23.0 Å². The Bertz CT molecular complexity index is 738. The quantitative estimate of drug-likeness (QED) is 0.795. The molecule has 0 saturated carbocycles. The highest BCUT2D eigenvalue weighted by Gasteiger charge is 2.30. The summed E-state index contributed by atoms with van der Waals surface area (Å²) < 4.78 is 18.8. The zero-order chi connectivity index (χ0) is 14.8. The first-order chi connectivity index (χ1) is 10.1. The predicted octanol–water partition coefficient (Wildman–Crippen LogP) is 3.65. The third-order valence-corrected chi connectivity index (χ3v) is 3.95. The number of para-hydroxylation sites is 1. The molecule has 0 aliphatic carbocycles.